The molecule has 3 aliphatic heterocycles. The summed E-state index contributed by atoms with van der Waals surface area (Å²) in [7, 11) is 1.46. The van der Waals surface area contributed by atoms with E-state index in [4.69, 9.17) is 14.2 Å². The summed E-state index contributed by atoms with van der Waals surface area (Å²) in [6.45, 7) is 1.62. The molecule has 94 heavy (non-hydrogen) atoms. The van der Waals surface area contributed by atoms with Crippen LogP contribution in [-0.2, 0) is 75.0 Å². The standard InChI is InChI=1S/C60H90N12O22/c1-32(63-60(91)94-31-93-24-23-92-3)50(80)64-38(9-4-6-19-61)56(86)70-21-8-11-43(70)53(83)68-42(30-73)52(82)67-41(25-34-12-15-36(75)16-13-34)57(87)71-22-18-46(78)49(71)58(88)72-29-37(76)28-44(72)54(84)69-48(33(2)74)55(85)66-40(26-35-14-17-45(77)47(79)27-35)51(81)65-39(59(89)90)10-5-7-20-62/h12-17,27,32-33,37-44,46,48-49,73-79H,4-11,18-26,28-31,61-62H2,1-3H3,(H,63,91)(H,64,80)(H,65,81)(H,66,85)(H,67,82)(H,68,83)(H,69,84)(H,89,90)/p+2. The lowest BCUT2D eigenvalue weighted by Crippen LogP contribution is -2.62. The molecular formula is C60H92N12O22+2. The van der Waals surface area contributed by atoms with Crippen LogP contribution in [0.1, 0.15) is 89.2 Å². The zero-order valence-electron chi connectivity index (χ0n) is 52.9. The van der Waals surface area contributed by atoms with E-state index in [0.717, 1.165) is 28.9 Å². The number of hydrogen-bond donors (Lipinski definition) is 17. The molecule has 34 heteroatoms. The fraction of sp³-hybridized carbons (Fsp3) is 0.617. The maximum atomic E-state index is 14.9. The Kier molecular flexibility index (Phi) is 30.3. The van der Waals surface area contributed by atoms with E-state index in [9.17, 15) is 93.6 Å². The molecule has 34 nitrogen and oxygen atoms in total. The number of phenols is 3. The molecule has 13 atom stereocenters. The summed E-state index contributed by atoms with van der Waals surface area (Å²) in [5.41, 5.74) is 8.08. The van der Waals surface area contributed by atoms with Crippen molar-refractivity contribution in [3.8, 4) is 17.2 Å². The van der Waals surface area contributed by atoms with E-state index < -0.39 is 188 Å². The van der Waals surface area contributed by atoms with Crippen molar-refractivity contribution in [2.24, 2.45) is 0 Å². The number of benzene rings is 2. The number of β-amino-alcohol motifs (C(OH)–C–C–N with tert-alkyl or cyclic N) is 1. The second kappa shape index (κ2) is 37.4. The molecule has 3 fully saturated rings. The number of aliphatic hydroxyl groups excluding tert-OH is 4. The minimum atomic E-state index is -1.90. The first-order valence-corrected chi connectivity index (χ1v) is 31.2. The Hall–Kier alpha value is -8.51. The van der Waals surface area contributed by atoms with Gasteiger partial charge in [0.05, 0.1) is 51.2 Å². The molecule has 5 rings (SSSR count). The van der Waals surface area contributed by atoms with Crippen molar-refractivity contribution in [1.29, 1.82) is 0 Å². The van der Waals surface area contributed by atoms with Crippen molar-refractivity contribution < 1.29 is 119 Å². The number of nitrogens with zero attached hydrogens (tertiary/aromatic N) is 3. The Morgan fingerprint density at radius 3 is 1.85 bits per heavy atom. The topological polar surface area (TPSA) is 527 Å². The first-order chi connectivity index (χ1) is 44.7. The number of carbonyl (C=O) groups excluding carboxylic acids is 10. The van der Waals surface area contributed by atoms with Crippen LogP contribution in [0.4, 0.5) is 4.79 Å². The smallest absolute Gasteiger partial charge is 0.409 e. The van der Waals surface area contributed by atoms with Crippen LogP contribution in [0.15, 0.2) is 42.5 Å². The Morgan fingerprint density at radius 1 is 0.628 bits per heavy atom. The number of hydrogen-bond acceptors (Lipinski definition) is 21. The molecule has 3 saturated heterocycles. The normalized spacial score (nSPS) is 20.3. The van der Waals surface area contributed by atoms with E-state index in [1.165, 1.54) is 49.3 Å². The van der Waals surface area contributed by atoms with E-state index in [1.54, 1.807) is 0 Å². The highest BCUT2D eigenvalue weighted by Gasteiger charge is 2.50. The molecule has 2 aromatic carbocycles. The van der Waals surface area contributed by atoms with Gasteiger partial charge in [-0.15, -0.1) is 0 Å². The van der Waals surface area contributed by atoms with Gasteiger partial charge in [-0.1, -0.05) is 18.2 Å². The van der Waals surface area contributed by atoms with Crippen LogP contribution < -0.4 is 48.7 Å². The third kappa shape index (κ3) is 22.1. The molecule has 3 heterocycles. The summed E-state index contributed by atoms with van der Waals surface area (Å²) in [5, 5.41) is 101. The lowest BCUT2D eigenvalue weighted by atomic mass is 10.0. The molecule has 0 saturated carbocycles. The molecule has 0 bridgehead atoms. The van der Waals surface area contributed by atoms with Crippen molar-refractivity contribution in [1.82, 2.24) is 51.9 Å². The van der Waals surface area contributed by atoms with Crippen LogP contribution >= 0.6 is 0 Å². The number of alkyl carbamates (subject to hydrolysis) is 1. The van der Waals surface area contributed by atoms with Gasteiger partial charge in [-0.25, -0.2) is 9.59 Å². The Morgan fingerprint density at radius 2 is 1.22 bits per heavy atom. The molecule has 0 aromatic heterocycles. The van der Waals surface area contributed by atoms with Gasteiger partial charge in [0.15, 0.2) is 18.3 Å². The summed E-state index contributed by atoms with van der Waals surface area (Å²) in [5.74, 6) is -11.4. The lowest BCUT2D eigenvalue weighted by Gasteiger charge is -2.34. The van der Waals surface area contributed by atoms with Crippen molar-refractivity contribution >= 4 is 65.2 Å². The zero-order valence-corrected chi connectivity index (χ0v) is 52.9. The molecule has 10 amide bonds. The number of unbranched alkanes of at least 4 members (excludes halogenated alkanes) is 2. The summed E-state index contributed by atoms with van der Waals surface area (Å²) in [4.78, 5) is 156. The summed E-state index contributed by atoms with van der Waals surface area (Å²) >= 11 is 0. The Bertz CT molecular complexity index is 2930. The predicted molar refractivity (Wildman–Crippen MR) is 325 cm³/mol. The average Bonchev–Trinajstić information content (AvgIpc) is 1.61. The Labute approximate surface area is 541 Å². The number of aliphatic hydroxyl groups is 4. The van der Waals surface area contributed by atoms with Crippen LogP contribution in [0.5, 0.6) is 17.2 Å². The molecule has 21 N–H and O–H groups in total. The number of carbonyl (C=O) groups is 11. The Balaban J connectivity index is 1.32. The number of likely N-dealkylation sites (tertiary alicyclic amines) is 3. The first-order valence-electron chi connectivity index (χ1n) is 31.2. The fourth-order valence-electron chi connectivity index (χ4n) is 11.1. The largest absolute Gasteiger partial charge is 0.508 e. The summed E-state index contributed by atoms with van der Waals surface area (Å²) in [6.07, 6.45) is -4.67. The van der Waals surface area contributed by atoms with E-state index in [0.29, 0.717) is 50.8 Å². The van der Waals surface area contributed by atoms with E-state index in [-0.39, 0.29) is 69.7 Å². The van der Waals surface area contributed by atoms with Crippen LogP contribution in [0.2, 0.25) is 0 Å². The lowest BCUT2D eigenvalue weighted by molar-refractivity contribution is -0.368. The minimum absolute atomic E-state index is 0.00434. The number of rotatable bonds is 36. The monoisotopic (exact) mass is 1330 g/mol. The number of nitrogens with one attached hydrogen (secondary N) is 7. The van der Waals surface area contributed by atoms with Gasteiger partial charge in [0, 0.05) is 46.0 Å². The SMILES string of the molecule is COCCOCOC(=O)NC(C)C(=O)NC(CCCC[NH3+])C(=O)N1CCCC1C(=O)NC(CO)C(=O)NC(Cc1ccc(O)cc1)C(=O)N1CCC(O)C1C(=O)N1CC(O)CC1C(=O)NC(C(=O)NC(Cc1ccc(O)c(O)c1)C(=O)NC(CCCC[NH3+])C(=O)O)C(C)O. The number of aromatic hydroxyl groups is 3. The van der Waals surface area contributed by atoms with Crippen LogP contribution in [0.25, 0.3) is 0 Å². The molecule has 522 valence electrons. The summed E-state index contributed by atoms with van der Waals surface area (Å²) < 4.78 is 14.9. The number of phenolic OH excluding ortho intramolecular Hbond substituents is 3. The highest BCUT2D eigenvalue weighted by Crippen LogP contribution is 2.29. The summed E-state index contributed by atoms with van der Waals surface area (Å²) in [6, 6.07) is -6.39. The number of aliphatic carboxylic acids is 1. The van der Waals surface area contributed by atoms with Crippen molar-refractivity contribution in [2.75, 3.05) is 66.4 Å². The molecule has 13 unspecified atom stereocenters. The average molecular weight is 1330 g/mol. The molecule has 0 aliphatic carbocycles. The number of quaternary nitrogens is 2. The van der Waals surface area contributed by atoms with Gasteiger partial charge in [0.25, 0.3) is 0 Å². The van der Waals surface area contributed by atoms with E-state index in [1.807, 2.05) is 0 Å². The number of carboxylic acid groups (broad SMARTS) is 1. The molecule has 3 aliphatic rings. The predicted octanol–water partition coefficient (Wildman–Crippen LogP) is -6.57. The first kappa shape index (κ1) is 76.2. The van der Waals surface area contributed by atoms with Crippen LogP contribution in [0.3, 0.4) is 0 Å². The van der Waals surface area contributed by atoms with Gasteiger partial charge in [-0.2, -0.15) is 0 Å². The van der Waals surface area contributed by atoms with Gasteiger partial charge < -0.3 is 118 Å². The highest BCUT2D eigenvalue weighted by atomic mass is 16.7. The highest BCUT2D eigenvalue weighted by molar-refractivity contribution is 5.99. The van der Waals surface area contributed by atoms with Gasteiger partial charge in [-0.05, 0) is 107 Å². The van der Waals surface area contributed by atoms with Gasteiger partial charge in [0.2, 0.25) is 53.2 Å². The third-order valence-electron chi connectivity index (χ3n) is 16.2. The van der Waals surface area contributed by atoms with Crippen molar-refractivity contribution in [3.05, 3.63) is 53.6 Å². The second-order valence-corrected chi connectivity index (χ2v) is 23.4. The number of amides is 10. The number of ether oxygens (including phenoxy) is 3. The van der Waals surface area contributed by atoms with Crippen molar-refractivity contribution in [2.45, 2.75) is 170 Å². The van der Waals surface area contributed by atoms with E-state index in [2.05, 4.69) is 48.7 Å². The number of carboxylic acids is 1. The maximum Gasteiger partial charge on any atom is 0.409 e. The van der Waals surface area contributed by atoms with Crippen LogP contribution in [-0.4, -0.2) is 266 Å². The van der Waals surface area contributed by atoms with Crippen LogP contribution in [0, 0.1) is 0 Å². The molecular weight excluding hydrogens is 1240 g/mol. The minimum Gasteiger partial charge on any atom is -0.508 e. The molecule has 0 spiro atoms. The second-order valence-electron chi connectivity index (χ2n) is 23.4. The third-order valence-corrected chi connectivity index (χ3v) is 16.2. The van der Waals surface area contributed by atoms with Crippen molar-refractivity contribution in [3.63, 3.8) is 0 Å². The fourth-order valence-corrected chi connectivity index (χ4v) is 11.1. The van der Waals surface area contributed by atoms with Gasteiger partial charge in [-0.3, -0.25) is 43.2 Å². The van der Waals surface area contributed by atoms with Gasteiger partial charge >= 0.3 is 12.1 Å². The zero-order chi connectivity index (χ0) is 69.3. The van der Waals surface area contributed by atoms with Gasteiger partial charge in [0.1, 0.15) is 66.2 Å². The quantitative estimate of drug-likeness (QED) is 0.0171. The molecule has 0 radical (unpaired) electrons. The maximum absolute atomic E-state index is 14.9. The molecule has 2 aromatic rings. The number of methoxy groups -OCH3 is 1. The van der Waals surface area contributed by atoms with E-state index >= 15 is 0 Å².